The minimum absolute atomic E-state index is 0.276. The van der Waals surface area contributed by atoms with Gasteiger partial charge in [-0.3, -0.25) is 4.79 Å². The summed E-state index contributed by atoms with van der Waals surface area (Å²) >= 11 is 0. The minimum Gasteiger partial charge on any atom is -0.494 e. The molecule has 6 nitrogen and oxygen atoms in total. The lowest BCUT2D eigenvalue weighted by atomic mass is 10.1. The van der Waals surface area contributed by atoms with Gasteiger partial charge in [-0.05, 0) is 68.3 Å². The number of nitrogens with zero attached hydrogens (tertiary/aromatic N) is 3. The monoisotopic (exact) mass is 374 g/mol. The second-order valence-electron chi connectivity index (χ2n) is 6.74. The van der Waals surface area contributed by atoms with Gasteiger partial charge in [0.1, 0.15) is 5.75 Å². The van der Waals surface area contributed by atoms with Crippen LogP contribution in [0, 0.1) is 0 Å². The van der Waals surface area contributed by atoms with Crippen LogP contribution < -0.4 is 15.0 Å². The average molecular weight is 374 g/mol. The number of para-hydroxylation sites is 1. The molecule has 0 saturated carbocycles. The van der Waals surface area contributed by atoms with Crippen LogP contribution in [0.3, 0.4) is 0 Å². The number of benzene rings is 2. The quantitative estimate of drug-likeness (QED) is 0.725. The van der Waals surface area contributed by atoms with Gasteiger partial charge in [-0.2, -0.15) is 0 Å². The van der Waals surface area contributed by atoms with E-state index in [2.05, 4.69) is 45.5 Å². The molecule has 2 heterocycles. The average Bonchev–Trinajstić information content (AvgIpc) is 3.05. The third kappa shape index (κ3) is 3.53. The maximum absolute atomic E-state index is 12.5. The summed E-state index contributed by atoms with van der Waals surface area (Å²) in [6.07, 6.45) is 0.970. The van der Waals surface area contributed by atoms with Crippen molar-refractivity contribution in [3.63, 3.8) is 0 Å². The molecule has 4 rings (SSSR count). The number of fused-ring (bicyclic) bond motifs is 1. The van der Waals surface area contributed by atoms with Crippen molar-refractivity contribution >= 4 is 23.1 Å². The van der Waals surface area contributed by atoms with Gasteiger partial charge in [0.2, 0.25) is 0 Å². The second-order valence-corrected chi connectivity index (χ2v) is 6.74. The Labute approximate surface area is 164 Å². The van der Waals surface area contributed by atoms with Gasteiger partial charge in [0, 0.05) is 17.4 Å². The summed E-state index contributed by atoms with van der Waals surface area (Å²) in [5, 5.41) is 11.3. The Bertz CT molecular complexity index is 971. The second kappa shape index (κ2) is 7.68. The molecular weight excluding hydrogens is 352 g/mol. The van der Waals surface area contributed by atoms with E-state index in [1.54, 1.807) is 18.2 Å². The Morgan fingerprint density at radius 3 is 2.61 bits per heavy atom. The molecule has 1 aromatic heterocycles. The lowest BCUT2D eigenvalue weighted by Crippen LogP contribution is -2.25. The van der Waals surface area contributed by atoms with E-state index in [1.807, 2.05) is 31.2 Å². The first-order valence-electron chi connectivity index (χ1n) is 9.41. The number of hydrogen-bond donors (Lipinski definition) is 1. The number of carbonyl (C=O) groups excluding carboxylic acids is 1. The summed E-state index contributed by atoms with van der Waals surface area (Å²) in [7, 11) is 0. The van der Waals surface area contributed by atoms with E-state index in [0.29, 0.717) is 18.3 Å². The molecule has 1 atom stereocenters. The Morgan fingerprint density at radius 1 is 1.11 bits per heavy atom. The maximum atomic E-state index is 12.5. The Kier molecular flexibility index (Phi) is 4.93. The minimum atomic E-state index is -0.293. The third-order valence-electron chi connectivity index (χ3n) is 4.76. The Morgan fingerprint density at radius 2 is 1.89 bits per heavy atom. The summed E-state index contributed by atoms with van der Waals surface area (Å²) in [6, 6.07) is 19.4. The van der Waals surface area contributed by atoms with Gasteiger partial charge in [-0.1, -0.05) is 18.2 Å². The molecule has 0 saturated heterocycles. The predicted molar refractivity (Wildman–Crippen MR) is 109 cm³/mol. The topological polar surface area (TPSA) is 67.3 Å². The number of nitrogens with one attached hydrogen (secondary N) is 1. The summed E-state index contributed by atoms with van der Waals surface area (Å²) in [6.45, 7) is 4.70. The molecule has 0 spiro atoms. The number of hydrogen-bond acceptors (Lipinski definition) is 5. The number of ether oxygens (including phenoxy) is 1. The third-order valence-corrected chi connectivity index (χ3v) is 4.76. The highest BCUT2D eigenvalue weighted by Crippen LogP contribution is 2.36. The van der Waals surface area contributed by atoms with E-state index in [9.17, 15) is 4.79 Å². The summed E-state index contributed by atoms with van der Waals surface area (Å²) in [5.74, 6) is 1.22. The van der Waals surface area contributed by atoms with Crippen LogP contribution in [0.15, 0.2) is 60.7 Å². The van der Waals surface area contributed by atoms with Crippen molar-refractivity contribution in [2.45, 2.75) is 26.3 Å². The van der Waals surface area contributed by atoms with Crippen LogP contribution in [0.25, 0.3) is 0 Å². The Hall–Kier alpha value is -3.41. The van der Waals surface area contributed by atoms with Crippen molar-refractivity contribution in [1.29, 1.82) is 0 Å². The Balaban J connectivity index is 1.48. The molecule has 6 heteroatoms. The molecule has 142 valence electrons. The molecule has 0 radical (unpaired) electrons. The van der Waals surface area contributed by atoms with Crippen LogP contribution in [0.5, 0.6) is 5.75 Å². The van der Waals surface area contributed by atoms with E-state index in [-0.39, 0.29) is 11.6 Å². The van der Waals surface area contributed by atoms with Crippen molar-refractivity contribution in [1.82, 2.24) is 10.2 Å². The fourth-order valence-corrected chi connectivity index (χ4v) is 3.49. The zero-order valence-electron chi connectivity index (χ0n) is 15.9. The maximum Gasteiger partial charge on any atom is 0.276 e. The van der Waals surface area contributed by atoms with Crippen LogP contribution in [0.1, 0.15) is 29.9 Å². The normalized spacial score (nSPS) is 15.2. The molecule has 0 fully saturated rings. The largest absolute Gasteiger partial charge is 0.494 e. The van der Waals surface area contributed by atoms with Crippen LogP contribution in [-0.4, -0.2) is 28.8 Å². The van der Waals surface area contributed by atoms with Gasteiger partial charge in [0.05, 0.1) is 6.61 Å². The van der Waals surface area contributed by atoms with Crippen molar-refractivity contribution in [2.24, 2.45) is 0 Å². The standard InChI is InChI=1S/C22H22N4O2/c1-3-28-18-10-8-17(9-11-18)23-22(27)19-12-13-21(25-24-19)26-15(2)14-16-6-4-5-7-20(16)26/h4-13,15H,3,14H2,1-2H3,(H,23,27). The van der Waals surface area contributed by atoms with E-state index in [1.165, 1.54) is 5.56 Å². The molecular formula is C22H22N4O2. The fourth-order valence-electron chi connectivity index (χ4n) is 3.49. The molecule has 0 aliphatic carbocycles. The molecule has 1 N–H and O–H groups in total. The predicted octanol–water partition coefficient (Wildman–Crippen LogP) is 4.21. The lowest BCUT2D eigenvalue weighted by molar-refractivity contribution is 0.102. The van der Waals surface area contributed by atoms with Gasteiger partial charge in [-0.15, -0.1) is 10.2 Å². The first-order valence-corrected chi connectivity index (χ1v) is 9.41. The summed E-state index contributed by atoms with van der Waals surface area (Å²) < 4.78 is 5.41. The molecule has 0 bridgehead atoms. The van der Waals surface area contributed by atoms with Gasteiger partial charge in [0.25, 0.3) is 5.91 Å². The number of aromatic nitrogens is 2. The van der Waals surface area contributed by atoms with E-state index in [4.69, 9.17) is 4.74 Å². The molecule has 2 aromatic carbocycles. The van der Waals surface area contributed by atoms with E-state index in [0.717, 1.165) is 23.7 Å². The molecule has 28 heavy (non-hydrogen) atoms. The van der Waals surface area contributed by atoms with Gasteiger partial charge >= 0.3 is 0 Å². The summed E-state index contributed by atoms with van der Waals surface area (Å²) in [5.41, 5.74) is 3.41. The molecule has 1 aliphatic rings. The van der Waals surface area contributed by atoms with Crippen molar-refractivity contribution in [3.8, 4) is 5.75 Å². The fraction of sp³-hybridized carbons (Fsp3) is 0.227. The molecule has 1 aliphatic heterocycles. The first kappa shape index (κ1) is 18.0. The lowest BCUT2D eigenvalue weighted by Gasteiger charge is -2.23. The van der Waals surface area contributed by atoms with Crippen LogP contribution in [0.2, 0.25) is 0 Å². The van der Waals surface area contributed by atoms with Gasteiger partial charge in [-0.25, -0.2) is 0 Å². The van der Waals surface area contributed by atoms with E-state index < -0.39 is 0 Å². The van der Waals surface area contributed by atoms with Crippen molar-refractivity contribution < 1.29 is 9.53 Å². The smallest absolute Gasteiger partial charge is 0.276 e. The SMILES string of the molecule is CCOc1ccc(NC(=O)c2ccc(N3c4ccccc4CC3C)nn2)cc1. The molecule has 1 amide bonds. The summed E-state index contributed by atoms with van der Waals surface area (Å²) in [4.78, 5) is 14.6. The zero-order chi connectivity index (χ0) is 19.5. The van der Waals surface area contributed by atoms with Gasteiger partial charge < -0.3 is 15.0 Å². The first-order chi connectivity index (χ1) is 13.7. The van der Waals surface area contributed by atoms with Crippen LogP contribution >= 0.6 is 0 Å². The zero-order valence-corrected chi connectivity index (χ0v) is 15.9. The number of carbonyl (C=O) groups is 1. The van der Waals surface area contributed by atoms with Crippen LogP contribution in [-0.2, 0) is 6.42 Å². The van der Waals surface area contributed by atoms with E-state index >= 15 is 0 Å². The van der Waals surface area contributed by atoms with Crippen molar-refractivity contribution in [2.75, 3.05) is 16.8 Å². The number of anilines is 3. The highest BCUT2D eigenvalue weighted by molar-refractivity contribution is 6.02. The highest BCUT2D eigenvalue weighted by Gasteiger charge is 2.28. The highest BCUT2D eigenvalue weighted by atomic mass is 16.5. The number of rotatable bonds is 5. The number of amides is 1. The molecule has 1 unspecified atom stereocenters. The van der Waals surface area contributed by atoms with Crippen LogP contribution in [0.4, 0.5) is 17.2 Å². The van der Waals surface area contributed by atoms with Crippen molar-refractivity contribution in [3.05, 3.63) is 71.9 Å². The van der Waals surface area contributed by atoms with Gasteiger partial charge in [0.15, 0.2) is 11.5 Å². The molecule has 3 aromatic rings.